The van der Waals surface area contributed by atoms with Crippen LogP contribution in [-0.4, -0.2) is 39.1 Å². The van der Waals surface area contributed by atoms with E-state index in [2.05, 4.69) is 0 Å². The van der Waals surface area contributed by atoms with Gasteiger partial charge in [0, 0.05) is 23.9 Å². The van der Waals surface area contributed by atoms with Gasteiger partial charge < -0.3 is 24.6 Å². The normalized spacial score (nSPS) is 12.2. The fourth-order valence-electron chi connectivity index (χ4n) is 2.91. The molecule has 7 nitrogen and oxygen atoms in total. The minimum absolute atomic E-state index is 0.0216. The lowest BCUT2D eigenvalue weighted by Gasteiger charge is -2.26. The minimum Gasteiger partial charge on any atom is -0.508 e. The average molecular weight is 375 g/mol. The molecule has 0 aliphatic heterocycles. The summed E-state index contributed by atoms with van der Waals surface area (Å²) < 4.78 is 6.55. The first-order chi connectivity index (χ1) is 12.7. The van der Waals surface area contributed by atoms with E-state index in [0.717, 1.165) is 0 Å². The summed E-state index contributed by atoms with van der Waals surface area (Å²) >= 11 is 0. The molecule has 0 aliphatic carbocycles. The molecule has 1 heterocycles. The smallest absolute Gasteiger partial charge is 0.343 e. The quantitative estimate of drug-likeness (QED) is 0.670. The fourth-order valence-corrected chi connectivity index (χ4v) is 2.91. The molecule has 0 radical (unpaired) electrons. The number of carbonyl (C=O) groups is 1. The number of pyridine rings is 1. The first-order valence-electron chi connectivity index (χ1n) is 8.78. The van der Waals surface area contributed by atoms with Gasteiger partial charge in [-0.15, -0.1) is 0 Å². The van der Waals surface area contributed by atoms with Crippen LogP contribution in [0.5, 0.6) is 11.5 Å². The van der Waals surface area contributed by atoms with E-state index >= 15 is 0 Å². The number of hydrogen-bond acceptors (Lipinski definition) is 6. The van der Waals surface area contributed by atoms with Crippen molar-refractivity contribution in [2.75, 3.05) is 13.2 Å². The summed E-state index contributed by atoms with van der Waals surface area (Å²) in [5.74, 6) is -1.05. The van der Waals surface area contributed by atoms with Gasteiger partial charge in [0.25, 0.3) is 0 Å². The molecule has 0 bridgehead atoms. The lowest BCUT2D eigenvalue weighted by Crippen LogP contribution is -2.26. The highest BCUT2D eigenvalue weighted by molar-refractivity contribution is 5.89. The van der Waals surface area contributed by atoms with Crippen molar-refractivity contribution in [3.63, 3.8) is 0 Å². The number of aliphatic hydroxyl groups excluding tert-OH is 1. The molecule has 7 heteroatoms. The Labute approximate surface area is 157 Å². The Morgan fingerprint density at radius 1 is 1.19 bits per heavy atom. The molecule has 1 unspecified atom stereocenters. The minimum atomic E-state index is -0.741. The van der Waals surface area contributed by atoms with Crippen LogP contribution in [0.1, 0.15) is 42.7 Å². The van der Waals surface area contributed by atoms with Crippen LogP contribution in [0.15, 0.2) is 29.2 Å². The maximum absolute atomic E-state index is 12.5. The number of aryl methyl sites for hydroxylation is 1. The van der Waals surface area contributed by atoms with Gasteiger partial charge in [-0.05, 0) is 31.4 Å². The van der Waals surface area contributed by atoms with Crippen molar-refractivity contribution in [2.24, 2.45) is 5.92 Å². The molecular weight excluding hydrogens is 350 g/mol. The highest BCUT2D eigenvalue weighted by atomic mass is 16.5. The highest BCUT2D eigenvalue weighted by Gasteiger charge is 2.23. The molecule has 0 amide bonds. The molecule has 0 aliphatic rings. The SMILES string of the molecule is CCOC(=O)c1cn(C(CO)C(C)C)c(-c2cc(C)c(O)cc2O)cc1=O. The summed E-state index contributed by atoms with van der Waals surface area (Å²) in [5.41, 5.74) is 0.472. The maximum Gasteiger partial charge on any atom is 0.343 e. The summed E-state index contributed by atoms with van der Waals surface area (Å²) in [5, 5.41) is 30.0. The molecule has 1 atom stereocenters. The van der Waals surface area contributed by atoms with Crippen molar-refractivity contribution < 1.29 is 24.9 Å². The van der Waals surface area contributed by atoms with Crippen molar-refractivity contribution in [2.45, 2.75) is 33.7 Å². The fraction of sp³-hybridized carbons (Fsp3) is 0.400. The number of esters is 1. The second-order valence-corrected chi connectivity index (χ2v) is 6.71. The standard InChI is InChI=1S/C20H25NO6/c1-5-27-20(26)14-9-21(16(10-22)11(2)3)15(7-18(14)24)13-6-12(4)17(23)8-19(13)25/h6-9,11,16,22-23,25H,5,10H2,1-4H3. The van der Waals surface area contributed by atoms with E-state index in [4.69, 9.17) is 4.74 Å². The van der Waals surface area contributed by atoms with Crippen LogP contribution >= 0.6 is 0 Å². The van der Waals surface area contributed by atoms with Crippen LogP contribution in [0.3, 0.4) is 0 Å². The number of aliphatic hydroxyl groups is 1. The number of benzene rings is 1. The van der Waals surface area contributed by atoms with Gasteiger partial charge in [0.2, 0.25) is 0 Å². The van der Waals surface area contributed by atoms with Crippen LogP contribution in [0.4, 0.5) is 0 Å². The number of aromatic hydroxyl groups is 2. The molecule has 0 saturated carbocycles. The number of rotatable bonds is 6. The van der Waals surface area contributed by atoms with Gasteiger partial charge in [0.15, 0.2) is 5.43 Å². The van der Waals surface area contributed by atoms with Crippen molar-refractivity contribution in [1.29, 1.82) is 0 Å². The number of aromatic nitrogens is 1. The van der Waals surface area contributed by atoms with Gasteiger partial charge >= 0.3 is 5.97 Å². The van der Waals surface area contributed by atoms with Gasteiger partial charge in [-0.25, -0.2) is 4.79 Å². The van der Waals surface area contributed by atoms with Gasteiger partial charge in [0.05, 0.1) is 24.9 Å². The largest absolute Gasteiger partial charge is 0.508 e. The van der Waals surface area contributed by atoms with Crippen molar-refractivity contribution in [1.82, 2.24) is 4.57 Å². The molecule has 2 aromatic rings. The summed E-state index contributed by atoms with van der Waals surface area (Å²) in [6.07, 6.45) is 1.36. The molecule has 1 aromatic carbocycles. The summed E-state index contributed by atoms with van der Waals surface area (Å²) in [7, 11) is 0. The van der Waals surface area contributed by atoms with Gasteiger partial charge in [-0.2, -0.15) is 0 Å². The predicted octanol–water partition coefficient (Wildman–Crippen LogP) is 2.60. The monoisotopic (exact) mass is 375 g/mol. The third-order valence-corrected chi connectivity index (χ3v) is 4.48. The molecule has 0 saturated heterocycles. The van der Waals surface area contributed by atoms with Crippen LogP contribution in [0, 0.1) is 12.8 Å². The number of nitrogens with zero attached hydrogens (tertiary/aromatic N) is 1. The molecule has 27 heavy (non-hydrogen) atoms. The van der Waals surface area contributed by atoms with Gasteiger partial charge in [-0.3, -0.25) is 4.79 Å². The van der Waals surface area contributed by atoms with E-state index in [1.807, 2.05) is 13.8 Å². The Morgan fingerprint density at radius 2 is 1.85 bits per heavy atom. The Kier molecular flexibility index (Phi) is 6.28. The van der Waals surface area contributed by atoms with E-state index in [-0.39, 0.29) is 36.2 Å². The molecular formula is C20H25NO6. The van der Waals surface area contributed by atoms with Crippen LogP contribution < -0.4 is 5.43 Å². The van der Waals surface area contributed by atoms with Crippen molar-refractivity contribution in [3.8, 4) is 22.8 Å². The zero-order valence-electron chi connectivity index (χ0n) is 15.9. The maximum atomic E-state index is 12.5. The number of phenols is 2. The van der Waals surface area contributed by atoms with Crippen molar-refractivity contribution >= 4 is 5.97 Å². The van der Waals surface area contributed by atoms with E-state index < -0.39 is 17.4 Å². The van der Waals surface area contributed by atoms with Gasteiger partial charge in [0.1, 0.15) is 17.1 Å². The zero-order chi connectivity index (χ0) is 20.3. The third-order valence-electron chi connectivity index (χ3n) is 4.48. The van der Waals surface area contributed by atoms with E-state index in [1.54, 1.807) is 24.5 Å². The lowest BCUT2D eigenvalue weighted by atomic mass is 10.00. The molecule has 146 valence electrons. The van der Waals surface area contributed by atoms with Gasteiger partial charge in [-0.1, -0.05) is 13.8 Å². The second-order valence-electron chi connectivity index (χ2n) is 6.71. The van der Waals surface area contributed by atoms with Crippen LogP contribution in [0.25, 0.3) is 11.3 Å². The molecule has 0 spiro atoms. The number of carbonyl (C=O) groups excluding carboxylic acids is 1. The predicted molar refractivity (Wildman–Crippen MR) is 101 cm³/mol. The summed E-state index contributed by atoms with van der Waals surface area (Å²) in [6, 6.07) is 3.54. The molecule has 3 N–H and O–H groups in total. The van der Waals surface area contributed by atoms with E-state index in [1.165, 1.54) is 18.3 Å². The zero-order valence-corrected chi connectivity index (χ0v) is 15.9. The first-order valence-corrected chi connectivity index (χ1v) is 8.78. The summed E-state index contributed by atoms with van der Waals surface area (Å²) in [4.78, 5) is 24.6. The highest BCUT2D eigenvalue weighted by Crippen LogP contribution is 2.36. The number of phenolic OH excluding ortho intramolecular Hbond substituents is 2. The Morgan fingerprint density at radius 3 is 2.41 bits per heavy atom. The Hall–Kier alpha value is -2.80. The second kappa shape index (κ2) is 8.26. The third kappa shape index (κ3) is 4.14. The Balaban J connectivity index is 2.80. The lowest BCUT2D eigenvalue weighted by molar-refractivity contribution is 0.0523. The molecule has 1 aromatic heterocycles. The van der Waals surface area contributed by atoms with Crippen molar-refractivity contribution in [3.05, 3.63) is 45.7 Å². The Bertz CT molecular complexity index is 900. The average Bonchev–Trinajstić information content (AvgIpc) is 2.59. The number of hydrogen-bond donors (Lipinski definition) is 3. The molecule has 0 fully saturated rings. The van der Waals surface area contributed by atoms with E-state index in [9.17, 15) is 24.9 Å². The number of ether oxygens (including phenoxy) is 1. The summed E-state index contributed by atoms with van der Waals surface area (Å²) in [6.45, 7) is 7.01. The van der Waals surface area contributed by atoms with Crippen LogP contribution in [0.2, 0.25) is 0 Å². The van der Waals surface area contributed by atoms with Crippen LogP contribution in [-0.2, 0) is 4.74 Å². The van der Waals surface area contributed by atoms with E-state index in [0.29, 0.717) is 16.8 Å². The molecule has 2 rings (SSSR count). The first kappa shape index (κ1) is 20.5. The topological polar surface area (TPSA) is 109 Å².